The lowest BCUT2D eigenvalue weighted by atomic mass is 10.1. The van der Waals surface area contributed by atoms with Gasteiger partial charge >= 0.3 is 0 Å². The molecule has 0 saturated heterocycles. The Morgan fingerprint density at radius 1 is 1.53 bits per heavy atom. The third kappa shape index (κ3) is 5.16. The molecular formula is C13H16ClN3O2. The Hall–Kier alpha value is -1.77. The molecule has 3 N–H and O–H groups in total. The highest BCUT2D eigenvalue weighted by molar-refractivity contribution is 6.30. The van der Waals surface area contributed by atoms with Crippen molar-refractivity contribution in [3.05, 3.63) is 28.8 Å². The smallest absolute Gasteiger partial charge is 0.216 e. The number of phenolic OH excluding ortho intramolecular Hbond substituents is 1. The molecule has 1 rings (SSSR count). The molecule has 0 fully saturated rings. The lowest BCUT2D eigenvalue weighted by Gasteiger charge is -2.13. The van der Waals surface area contributed by atoms with Gasteiger partial charge in [-0.1, -0.05) is 11.6 Å². The second kappa shape index (κ2) is 7.62. The Kier molecular flexibility index (Phi) is 6.13. The number of hydrogen-bond acceptors (Lipinski definition) is 4. The Balaban J connectivity index is 2.52. The van der Waals surface area contributed by atoms with Crippen LogP contribution in [0.15, 0.2) is 18.2 Å². The molecular weight excluding hydrogens is 266 g/mol. The molecule has 102 valence electrons. The van der Waals surface area contributed by atoms with Crippen molar-refractivity contribution in [1.82, 2.24) is 10.6 Å². The molecule has 1 aromatic rings. The third-order valence-corrected chi connectivity index (χ3v) is 2.74. The van der Waals surface area contributed by atoms with E-state index in [1.807, 2.05) is 0 Å². The van der Waals surface area contributed by atoms with E-state index in [4.69, 9.17) is 16.9 Å². The summed E-state index contributed by atoms with van der Waals surface area (Å²) in [6, 6.07) is 6.02. The zero-order chi connectivity index (χ0) is 14.3. The van der Waals surface area contributed by atoms with E-state index in [9.17, 15) is 9.90 Å². The summed E-state index contributed by atoms with van der Waals surface area (Å²) in [5, 5.41) is 24.9. The molecule has 0 aliphatic heterocycles. The van der Waals surface area contributed by atoms with Gasteiger partial charge in [0.1, 0.15) is 11.8 Å². The van der Waals surface area contributed by atoms with E-state index in [-0.39, 0.29) is 11.7 Å². The fraction of sp³-hybridized carbons (Fsp3) is 0.385. The maximum absolute atomic E-state index is 10.7. The normalized spacial score (nSPS) is 11.6. The van der Waals surface area contributed by atoms with Crippen LogP contribution in [0.4, 0.5) is 0 Å². The van der Waals surface area contributed by atoms with Crippen LogP contribution in [0, 0.1) is 11.3 Å². The van der Waals surface area contributed by atoms with Gasteiger partial charge < -0.3 is 10.4 Å². The molecule has 0 aromatic heterocycles. The van der Waals surface area contributed by atoms with Gasteiger partial charge in [0.05, 0.1) is 6.07 Å². The van der Waals surface area contributed by atoms with Crippen molar-refractivity contribution in [2.75, 3.05) is 13.1 Å². The van der Waals surface area contributed by atoms with Crippen molar-refractivity contribution < 1.29 is 9.90 Å². The predicted molar refractivity (Wildman–Crippen MR) is 72.8 cm³/mol. The third-order valence-electron chi connectivity index (χ3n) is 2.51. The van der Waals surface area contributed by atoms with E-state index in [1.54, 1.807) is 12.1 Å². The molecule has 1 amide bonds. The number of benzene rings is 1. The summed E-state index contributed by atoms with van der Waals surface area (Å²) in [5.74, 6) is -0.0466. The molecule has 19 heavy (non-hydrogen) atoms. The van der Waals surface area contributed by atoms with Crippen LogP contribution >= 0.6 is 11.6 Å². The standard InChI is InChI=1S/C13H16ClN3O2/c1-9(18)16-5-2-6-17-12(8-15)11-7-10(14)3-4-13(11)19/h3-4,7,12,17,19H,2,5-6H2,1H3,(H,16,18). The number of hydrogen-bond donors (Lipinski definition) is 3. The summed E-state index contributed by atoms with van der Waals surface area (Å²) in [6.07, 6.45) is 0.694. The molecule has 0 bridgehead atoms. The van der Waals surface area contributed by atoms with E-state index < -0.39 is 6.04 Å². The van der Waals surface area contributed by atoms with Crippen molar-refractivity contribution in [2.45, 2.75) is 19.4 Å². The average molecular weight is 282 g/mol. The molecule has 0 heterocycles. The maximum atomic E-state index is 10.7. The summed E-state index contributed by atoms with van der Waals surface area (Å²) >= 11 is 5.84. The molecule has 1 atom stereocenters. The molecule has 0 saturated carbocycles. The molecule has 0 aliphatic rings. The van der Waals surface area contributed by atoms with E-state index in [1.165, 1.54) is 13.0 Å². The molecule has 0 radical (unpaired) electrons. The fourth-order valence-corrected chi connectivity index (χ4v) is 1.76. The van der Waals surface area contributed by atoms with Gasteiger partial charge in [-0.2, -0.15) is 5.26 Å². The number of carbonyl (C=O) groups excluding carboxylic acids is 1. The number of nitriles is 1. The first kappa shape index (κ1) is 15.3. The fourth-order valence-electron chi connectivity index (χ4n) is 1.58. The van der Waals surface area contributed by atoms with Gasteiger partial charge in [-0.15, -0.1) is 0 Å². The lowest BCUT2D eigenvalue weighted by Crippen LogP contribution is -2.27. The molecule has 0 aliphatic carbocycles. The summed E-state index contributed by atoms with van der Waals surface area (Å²) in [7, 11) is 0. The quantitative estimate of drug-likeness (QED) is 0.693. The van der Waals surface area contributed by atoms with Gasteiger partial charge in [0.15, 0.2) is 0 Å². The first-order valence-electron chi connectivity index (χ1n) is 5.90. The minimum atomic E-state index is -0.629. The molecule has 1 aromatic carbocycles. The van der Waals surface area contributed by atoms with Gasteiger partial charge in [-0.05, 0) is 31.2 Å². The second-order valence-electron chi connectivity index (χ2n) is 4.06. The average Bonchev–Trinajstić information content (AvgIpc) is 2.37. The minimum absolute atomic E-state index is 0.0327. The Morgan fingerprint density at radius 3 is 2.89 bits per heavy atom. The summed E-state index contributed by atoms with van der Waals surface area (Å²) in [6.45, 7) is 2.54. The minimum Gasteiger partial charge on any atom is -0.508 e. The number of phenols is 1. The van der Waals surface area contributed by atoms with Crippen LogP contribution in [0.1, 0.15) is 24.9 Å². The van der Waals surface area contributed by atoms with Gasteiger partial charge in [-0.25, -0.2) is 0 Å². The van der Waals surface area contributed by atoms with Gasteiger partial charge in [-0.3, -0.25) is 10.1 Å². The molecule has 1 unspecified atom stereocenters. The topological polar surface area (TPSA) is 85.2 Å². The van der Waals surface area contributed by atoms with E-state index in [0.717, 1.165) is 0 Å². The van der Waals surface area contributed by atoms with Crippen LogP contribution in [-0.4, -0.2) is 24.1 Å². The number of nitrogens with one attached hydrogen (secondary N) is 2. The Morgan fingerprint density at radius 2 is 2.26 bits per heavy atom. The van der Waals surface area contributed by atoms with Crippen LogP contribution in [0.3, 0.4) is 0 Å². The molecule has 6 heteroatoms. The molecule has 5 nitrogen and oxygen atoms in total. The van der Waals surface area contributed by atoms with Gasteiger partial charge in [0.2, 0.25) is 5.91 Å². The number of halogens is 1. The lowest BCUT2D eigenvalue weighted by molar-refractivity contribution is -0.118. The van der Waals surface area contributed by atoms with Crippen molar-refractivity contribution in [1.29, 1.82) is 5.26 Å². The summed E-state index contributed by atoms with van der Waals surface area (Å²) in [4.78, 5) is 10.7. The Bertz CT molecular complexity index is 485. The van der Waals surface area contributed by atoms with Gasteiger partial charge in [0.25, 0.3) is 0 Å². The van der Waals surface area contributed by atoms with Crippen molar-refractivity contribution in [3.8, 4) is 11.8 Å². The monoisotopic (exact) mass is 281 g/mol. The maximum Gasteiger partial charge on any atom is 0.216 e. The number of carbonyl (C=O) groups is 1. The van der Waals surface area contributed by atoms with E-state index in [2.05, 4.69) is 16.7 Å². The van der Waals surface area contributed by atoms with Crippen LogP contribution in [0.5, 0.6) is 5.75 Å². The van der Waals surface area contributed by atoms with Crippen LogP contribution in [0.25, 0.3) is 0 Å². The van der Waals surface area contributed by atoms with E-state index >= 15 is 0 Å². The number of amides is 1. The summed E-state index contributed by atoms with van der Waals surface area (Å²) in [5.41, 5.74) is 0.453. The highest BCUT2D eigenvalue weighted by atomic mass is 35.5. The number of nitrogens with zero attached hydrogens (tertiary/aromatic N) is 1. The van der Waals surface area contributed by atoms with Crippen molar-refractivity contribution in [3.63, 3.8) is 0 Å². The SMILES string of the molecule is CC(=O)NCCCNC(C#N)c1cc(Cl)ccc1O. The van der Waals surface area contributed by atoms with Crippen LogP contribution in [0.2, 0.25) is 5.02 Å². The Labute approximate surface area is 117 Å². The first-order chi connectivity index (χ1) is 9.04. The first-order valence-corrected chi connectivity index (χ1v) is 6.28. The summed E-state index contributed by atoms with van der Waals surface area (Å²) < 4.78 is 0. The predicted octanol–water partition coefficient (Wildman–Crippen LogP) is 1.73. The highest BCUT2D eigenvalue weighted by Gasteiger charge is 2.14. The van der Waals surface area contributed by atoms with E-state index in [0.29, 0.717) is 30.1 Å². The van der Waals surface area contributed by atoms with Crippen LogP contribution < -0.4 is 10.6 Å². The zero-order valence-corrected chi connectivity index (χ0v) is 11.4. The second-order valence-corrected chi connectivity index (χ2v) is 4.49. The van der Waals surface area contributed by atoms with Crippen LogP contribution in [-0.2, 0) is 4.79 Å². The van der Waals surface area contributed by atoms with Gasteiger partial charge in [0, 0.05) is 24.1 Å². The van der Waals surface area contributed by atoms with Crippen molar-refractivity contribution in [2.24, 2.45) is 0 Å². The van der Waals surface area contributed by atoms with Crippen molar-refractivity contribution >= 4 is 17.5 Å². The number of rotatable bonds is 6. The number of aromatic hydroxyl groups is 1. The highest BCUT2D eigenvalue weighted by Crippen LogP contribution is 2.26. The molecule has 0 spiro atoms. The zero-order valence-electron chi connectivity index (χ0n) is 10.6. The largest absolute Gasteiger partial charge is 0.508 e.